The Morgan fingerprint density at radius 2 is 1.32 bits per heavy atom. The molecule has 0 spiro atoms. The molecular formula is C33H58N2O9. The fourth-order valence-corrected chi connectivity index (χ4v) is 7.59. The molecule has 4 aliphatic carbocycles. The zero-order valence-corrected chi connectivity index (χ0v) is 26.9. The van der Waals surface area contributed by atoms with Crippen molar-refractivity contribution in [1.29, 1.82) is 0 Å². The monoisotopic (exact) mass is 626 g/mol. The minimum Gasteiger partial charge on any atom is -0.481 e. The molecule has 4 rings (SSSR count). The Balaban J connectivity index is 1.06. The SMILES string of the molecule is CC(C)(COC1CCC(NOCC2CCCCC2COO)CC1)COC1CCC(NC(=O)C2CCC(O)CC2C(=O)O)CC1. The lowest BCUT2D eigenvalue weighted by molar-refractivity contribution is -0.256. The third-order valence-corrected chi connectivity index (χ3v) is 10.5. The second-order valence-corrected chi connectivity index (χ2v) is 14.8. The number of nitrogens with one attached hydrogen (secondary N) is 2. The van der Waals surface area contributed by atoms with E-state index in [4.69, 9.17) is 19.6 Å². The van der Waals surface area contributed by atoms with Crippen molar-refractivity contribution < 1.29 is 44.3 Å². The first-order chi connectivity index (χ1) is 21.1. The van der Waals surface area contributed by atoms with Gasteiger partial charge < -0.3 is 29.8 Å². The fourth-order valence-electron chi connectivity index (χ4n) is 7.59. The largest absolute Gasteiger partial charge is 0.481 e. The zero-order chi connectivity index (χ0) is 31.5. The van der Waals surface area contributed by atoms with Gasteiger partial charge in [-0.05, 0) is 95.3 Å². The van der Waals surface area contributed by atoms with Crippen LogP contribution in [0.2, 0.25) is 0 Å². The molecule has 254 valence electrons. The quantitative estimate of drug-likeness (QED) is 0.130. The molecule has 4 aliphatic rings. The summed E-state index contributed by atoms with van der Waals surface area (Å²) in [6.45, 7) is 6.68. The maximum absolute atomic E-state index is 12.9. The number of aliphatic hydroxyl groups is 1. The molecule has 4 saturated carbocycles. The van der Waals surface area contributed by atoms with Crippen LogP contribution in [0.5, 0.6) is 0 Å². The molecule has 0 aliphatic heterocycles. The molecule has 0 heterocycles. The molecule has 0 aromatic rings. The standard InChI is InChI=1S/C33H58N2O9/c1-33(2,21-42-28-14-9-25(10-15-28)35-43-18-22-5-3-4-6-23(22)19-44-40)20-41-27-12-7-24(8-13-27)34-31(37)29-16-11-26(36)17-30(29)32(38)39/h22-30,35-36,40H,3-21H2,1-2H3,(H,34,37)(H,38,39). The zero-order valence-electron chi connectivity index (χ0n) is 26.9. The number of carboxylic acid groups (broad SMARTS) is 1. The van der Waals surface area contributed by atoms with Gasteiger partial charge in [-0.15, -0.1) is 0 Å². The minimum absolute atomic E-state index is 0.0417. The second kappa shape index (κ2) is 17.5. The number of hydroxylamine groups is 1. The number of amides is 1. The highest BCUT2D eigenvalue weighted by molar-refractivity contribution is 5.85. The van der Waals surface area contributed by atoms with E-state index in [1.54, 1.807) is 0 Å². The van der Waals surface area contributed by atoms with Gasteiger partial charge in [0.25, 0.3) is 0 Å². The van der Waals surface area contributed by atoms with Gasteiger partial charge in [-0.25, -0.2) is 4.89 Å². The molecule has 11 nitrogen and oxygen atoms in total. The van der Waals surface area contributed by atoms with E-state index < -0.39 is 23.9 Å². The predicted molar refractivity (Wildman–Crippen MR) is 164 cm³/mol. The number of ether oxygens (including phenoxy) is 2. The second-order valence-electron chi connectivity index (χ2n) is 14.8. The molecule has 1 amide bonds. The Bertz CT molecular complexity index is 871. The van der Waals surface area contributed by atoms with Gasteiger partial charge in [0.1, 0.15) is 0 Å². The normalized spacial score (nSPS) is 35.2. The average Bonchev–Trinajstić information content (AvgIpc) is 3.01. The average molecular weight is 627 g/mol. The van der Waals surface area contributed by atoms with Crippen molar-refractivity contribution in [1.82, 2.24) is 10.8 Å². The molecule has 0 radical (unpaired) electrons. The van der Waals surface area contributed by atoms with Gasteiger partial charge in [0.2, 0.25) is 5.91 Å². The van der Waals surface area contributed by atoms with Crippen molar-refractivity contribution in [2.75, 3.05) is 26.4 Å². The van der Waals surface area contributed by atoms with E-state index in [0.717, 1.165) is 64.2 Å². The summed E-state index contributed by atoms with van der Waals surface area (Å²) in [5, 5.41) is 31.3. The van der Waals surface area contributed by atoms with E-state index in [0.29, 0.717) is 57.1 Å². The number of hydrogen-bond acceptors (Lipinski definition) is 9. The van der Waals surface area contributed by atoms with E-state index in [1.807, 2.05) is 0 Å². The van der Waals surface area contributed by atoms with Crippen molar-refractivity contribution in [2.45, 2.75) is 141 Å². The summed E-state index contributed by atoms with van der Waals surface area (Å²) in [6.07, 6.45) is 12.8. The summed E-state index contributed by atoms with van der Waals surface area (Å²) >= 11 is 0. The van der Waals surface area contributed by atoms with Crippen LogP contribution in [0.4, 0.5) is 0 Å². The summed E-state index contributed by atoms with van der Waals surface area (Å²) in [4.78, 5) is 34.8. The minimum atomic E-state index is -1.00. The summed E-state index contributed by atoms with van der Waals surface area (Å²) < 4.78 is 12.6. The number of carbonyl (C=O) groups is 2. The maximum Gasteiger partial charge on any atom is 0.307 e. The smallest absolute Gasteiger partial charge is 0.307 e. The van der Waals surface area contributed by atoms with Gasteiger partial charge in [0.15, 0.2) is 0 Å². The molecule has 11 heteroatoms. The first kappa shape index (κ1) is 35.5. The lowest BCUT2D eigenvalue weighted by Gasteiger charge is -2.35. The highest BCUT2D eigenvalue weighted by atomic mass is 17.1. The van der Waals surface area contributed by atoms with Crippen LogP contribution in [-0.4, -0.2) is 84.2 Å². The molecule has 5 N–H and O–H groups in total. The molecule has 5 atom stereocenters. The molecule has 5 unspecified atom stereocenters. The first-order valence-corrected chi connectivity index (χ1v) is 17.2. The molecule has 44 heavy (non-hydrogen) atoms. The highest BCUT2D eigenvalue weighted by Crippen LogP contribution is 2.33. The van der Waals surface area contributed by atoms with Gasteiger partial charge >= 0.3 is 5.97 Å². The number of rotatable bonds is 15. The van der Waals surface area contributed by atoms with E-state index in [-0.39, 0.29) is 36.0 Å². The Labute approximate surface area is 263 Å². The van der Waals surface area contributed by atoms with Crippen LogP contribution in [0.15, 0.2) is 0 Å². The molecule has 4 fully saturated rings. The van der Waals surface area contributed by atoms with Crippen LogP contribution in [0.1, 0.15) is 110 Å². The van der Waals surface area contributed by atoms with Crippen LogP contribution in [0, 0.1) is 29.1 Å². The van der Waals surface area contributed by atoms with Gasteiger partial charge in [-0.2, -0.15) is 5.48 Å². The number of carbonyl (C=O) groups excluding carboxylic acids is 1. The third-order valence-electron chi connectivity index (χ3n) is 10.5. The number of aliphatic carboxylic acids is 1. The van der Waals surface area contributed by atoms with Gasteiger partial charge in [-0.3, -0.25) is 14.8 Å². The maximum atomic E-state index is 12.9. The van der Waals surface area contributed by atoms with E-state index in [2.05, 4.69) is 29.5 Å². The first-order valence-electron chi connectivity index (χ1n) is 17.2. The summed E-state index contributed by atoms with van der Waals surface area (Å²) in [6, 6.07) is 0.386. The van der Waals surface area contributed by atoms with Crippen molar-refractivity contribution in [3.8, 4) is 0 Å². The van der Waals surface area contributed by atoms with Crippen LogP contribution >= 0.6 is 0 Å². The Kier molecular flexibility index (Phi) is 14.2. The lowest BCUT2D eigenvalue weighted by Crippen LogP contribution is -2.47. The molecule has 0 bridgehead atoms. The number of aliphatic hydroxyl groups excluding tert-OH is 1. The van der Waals surface area contributed by atoms with Crippen LogP contribution in [0.3, 0.4) is 0 Å². The van der Waals surface area contributed by atoms with Crippen LogP contribution in [-0.2, 0) is 28.8 Å². The molecule has 0 saturated heterocycles. The third kappa shape index (κ3) is 11.2. The number of hydrogen-bond donors (Lipinski definition) is 5. The fraction of sp³-hybridized carbons (Fsp3) is 0.939. The van der Waals surface area contributed by atoms with Gasteiger partial charge in [0.05, 0.1) is 56.6 Å². The number of carboxylic acids is 1. The predicted octanol–water partition coefficient (Wildman–Crippen LogP) is 4.46. The van der Waals surface area contributed by atoms with E-state index in [1.165, 1.54) is 12.8 Å². The van der Waals surface area contributed by atoms with E-state index >= 15 is 0 Å². The molecular weight excluding hydrogens is 568 g/mol. The summed E-state index contributed by atoms with van der Waals surface area (Å²) in [5.41, 5.74) is 3.18. The van der Waals surface area contributed by atoms with Crippen molar-refractivity contribution >= 4 is 11.9 Å². The van der Waals surface area contributed by atoms with Gasteiger partial charge in [0, 0.05) is 17.5 Å². The Morgan fingerprint density at radius 1 is 0.750 bits per heavy atom. The van der Waals surface area contributed by atoms with Crippen LogP contribution < -0.4 is 10.8 Å². The van der Waals surface area contributed by atoms with Crippen molar-refractivity contribution in [2.24, 2.45) is 29.1 Å². The molecule has 0 aromatic heterocycles. The Hall–Kier alpha value is -1.34. The Morgan fingerprint density at radius 3 is 1.89 bits per heavy atom. The van der Waals surface area contributed by atoms with E-state index in [9.17, 15) is 19.8 Å². The van der Waals surface area contributed by atoms with Crippen molar-refractivity contribution in [3.63, 3.8) is 0 Å². The topological polar surface area (TPSA) is 156 Å². The van der Waals surface area contributed by atoms with Gasteiger partial charge in [-0.1, -0.05) is 26.7 Å². The molecule has 0 aromatic carbocycles. The van der Waals surface area contributed by atoms with Crippen molar-refractivity contribution in [3.05, 3.63) is 0 Å². The highest BCUT2D eigenvalue weighted by Gasteiger charge is 2.40. The summed E-state index contributed by atoms with van der Waals surface area (Å²) in [7, 11) is 0. The summed E-state index contributed by atoms with van der Waals surface area (Å²) in [5.74, 6) is -1.78. The van der Waals surface area contributed by atoms with Crippen LogP contribution in [0.25, 0.3) is 0 Å². The lowest BCUT2D eigenvalue weighted by atomic mass is 9.77.